The molecule has 0 heterocycles. The van der Waals surface area contributed by atoms with Crippen molar-refractivity contribution in [2.24, 2.45) is 5.16 Å². The minimum absolute atomic E-state index is 0.0983. The maximum atomic E-state index is 13.3. The Morgan fingerprint density at radius 1 is 1.15 bits per heavy atom. The van der Waals surface area contributed by atoms with E-state index in [2.05, 4.69) is 11.4 Å². The molecule has 5 heteroatoms. The first kappa shape index (κ1) is 14.0. The van der Waals surface area contributed by atoms with Crippen LogP contribution in [-0.4, -0.2) is 13.3 Å². The zero-order valence-electron chi connectivity index (χ0n) is 10.8. The topological polar surface area (TPSA) is 30.8 Å². The SMILES string of the molecule is COc1cccc(/[C]=N\OCc2cc(F)ccc2F)c1. The molecule has 103 valence electrons. The first-order valence-corrected chi connectivity index (χ1v) is 5.85. The number of ether oxygens (including phenoxy) is 1. The number of benzene rings is 2. The van der Waals surface area contributed by atoms with Gasteiger partial charge in [-0.3, -0.25) is 0 Å². The average Bonchev–Trinajstić information content (AvgIpc) is 2.47. The van der Waals surface area contributed by atoms with E-state index in [1.54, 1.807) is 31.4 Å². The number of hydrogen-bond donors (Lipinski definition) is 0. The Labute approximate surface area is 115 Å². The van der Waals surface area contributed by atoms with E-state index in [4.69, 9.17) is 9.57 Å². The van der Waals surface area contributed by atoms with E-state index in [0.29, 0.717) is 11.3 Å². The van der Waals surface area contributed by atoms with Crippen molar-refractivity contribution in [1.82, 2.24) is 0 Å². The minimum atomic E-state index is -0.539. The third-order valence-electron chi connectivity index (χ3n) is 2.54. The molecule has 0 aliphatic rings. The number of halogens is 2. The van der Waals surface area contributed by atoms with Gasteiger partial charge in [-0.1, -0.05) is 17.3 Å². The van der Waals surface area contributed by atoms with Crippen molar-refractivity contribution in [3.63, 3.8) is 0 Å². The second-order valence-electron chi connectivity index (χ2n) is 3.94. The summed E-state index contributed by atoms with van der Waals surface area (Å²) >= 11 is 0. The van der Waals surface area contributed by atoms with Gasteiger partial charge in [0.05, 0.1) is 7.11 Å². The highest BCUT2D eigenvalue weighted by atomic mass is 19.1. The lowest BCUT2D eigenvalue weighted by Gasteiger charge is -2.02. The van der Waals surface area contributed by atoms with Crippen molar-refractivity contribution in [2.75, 3.05) is 7.11 Å². The molecule has 0 N–H and O–H groups in total. The Morgan fingerprint density at radius 3 is 2.80 bits per heavy atom. The molecule has 0 bridgehead atoms. The number of hydrogen-bond acceptors (Lipinski definition) is 3. The van der Waals surface area contributed by atoms with Crippen LogP contribution in [0.15, 0.2) is 47.6 Å². The highest BCUT2D eigenvalue weighted by molar-refractivity contribution is 5.79. The van der Waals surface area contributed by atoms with Crippen LogP contribution < -0.4 is 4.74 Å². The quantitative estimate of drug-likeness (QED) is 0.619. The molecule has 0 aromatic heterocycles. The Balaban J connectivity index is 1.95. The zero-order chi connectivity index (χ0) is 14.4. The molecule has 0 saturated heterocycles. The lowest BCUT2D eigenvalue weighted by molar-refractivity contribution is 0.129. The zero-order valence-corrected chi connectivity index (χ0v) is 10.8. The van der Waals surface area contributed by atoms with Gasteiger partial charge in [-0.05, 0) is 30.3 Å². The first-order chi connectivity index (χ1) is 9.69. The summed E-state index contributed by atoms with van der Waals surface area (Å²) in [5, 5.41) is 3.59. The standard InChI is InChI=1S/C15H12F2NO2/c1-19-14-4-2-3-11(7-14)9-18-20-10-12-8-13(16)5-6-15(12)17/h2-8H,10H2,1H3. The second kappa shape index (κ2) is 6.65. The van der Waals surface area contributed by atoms with Crippen molar-refractivity contribution in [2.45, 2.75) is 6.61 Å². The molecule has 0 atom stereocenters. The highest BCUT2D eigenvalue weighted by Gasteiger charge is 2.03. The van der Waals surface area contributed by atoms with Gasteiger partial charge in [0.1, 0.15) is 30.2 Å². The van der Waals surface area contributed by atoms with Crippen LogP contribution in [0, 0.1) is 11.6 Å². The molecule has 0 fully saturated rings. The van der Waals surface area contributed by atoms with Crippen LogP contribution in [0.2, 0.25) is 0 Å². The molecular weight excluding hydrogens is 264 g/mol. The monoisotopic (exact) mass is 276 g/mol. The summed E-state index contributed by atoms with van der Waals surface area (Å²) < 4.78 is 31.3. The van der Waals surface area contributed by atoms with Gasteiger partial charge in [0.25, 0.3) is 0 Å². The van der Waals surface area contributed by atoms with Crippen LogP contribution >= 0.6 is 0 Å². The first-order valence-electron chi connectivity index (χ1n) is 5.85. The molecule has 1 radical (unpaired) electrons. The molecule has 3 nitrogen and oxygen atoms in total. The van der Waals surface area contributed by atoms with E-state index >= 15 is 0 Å². The van der Waals surface area contributed by atoms with E-state index in [1.807, 2.05) is 0 Å². The number of methoxy groups -OCH3 is 1. The van der Waals surface area contributed by atoms with Crippen LogP contribution in [0.25, 0.3) is 0 Å². The smallest absolute Gasteiger partial charge is 0.145 e. The normalized spacial score (nSPS) is 10.8. The minimum Gasteiger partial charge on any atom is -0.497 e. The van der Waals surface area contributed by atoms with Gasteiger partial charge < -0.3 is 9.57 Å². The van der Waals surface area contributed by atoms with Gasteiger partial charge in [0.15, 0.2) is 0 Å². The van der Waals surface area contributed by atoms with Crippen LogP contribution in [0.1, 0.15) is 11.1 Å². The molecule has 0 aliphatic heterocycles. The third kappa shape index (κ3) is 3.78. The van der Waals surface area contributed by atoms with Crippen LogP contribution in [0.4, 0.5) is 8.78 Å². The molecule has 0 saturated carbocycles. The summed E-state index contributed by atoms with van der Waals surface area (Å²) in [6.45, 7) is -0.166. The Morgan fingerprint density at radius 2 is 2.00 bits per heavy atom. The molecule has 2 aromatic rings. The van der Waals surface area contributed by atoms with Crippen molar-refractivity contribution >= 4 is 6.21 Å². The van der Waals surface area contributed by atoms with E-state index in [-0.39, 0.29) is 12.2 Å². The summed E-state index contributed by atoms with van der Waals surface area (Å²) in [5.74, 6) is -0.393. The van der Waals surface area contributed by atoms with Gasteiger partial charge in [-0.15, -0.1) is 0 Å². The summed E-state index contributed by atoms with van der Waals surface area (Å²) in [5.41, 5.74) is 0.755. The van der Waals surface area contributed by atoms with Crippen LogP contribution in [0.3, 0.4) is 0 Å². The Hall–Kier alpha value is -2.43. The molecule has 20 heavy (non-hydrogen) atoms. The van der Waals surface area contributed by atoms with Crippen molar-refractivity contribution in [1.29, 1.82) is 0 Å². The van der Waals surface area contributed by atoms with E-state index in [0.717, 1.165) is 18.2 Å². The van der Waals surface area contributed by atoms with Crippen molar-refractivity contribution in [3.05, 3.63) is 65.2 Å². The lowest BCUT2D eigenvalue weighted by atomic mass is 10.2. The molecule has 2 rings (SSSR count). The van der Waals surface area contributed by atoms with E-state index in [9.17, 15) is 8.78 Å². The fourth-order valence-corrected chi connectivity index (χ4v) is 1.53. The molecule has 0 unspecified atom stereocenters. The molecule has 0 amide bonds. The van der Waals surface area contributed by atoms with Gasteiger partial charge in [-0.2, -0.15) is 0 Å². The number of rotatable bonds is 5. The van der Waals surface area contributed by atoms with Gasteiger partial charge in [0.2, 0.25) is 0 Å². The van der Waals surface area contributed by atoms with Crippen molar-refractivity contribution in [3.8, 4) is 5.75 Å². The summed E-state index contributed by atoms with van der Waals surface area (Å²) in [4.78, 5) is 4.90. The maximum absolute atomic E-state index is 13.3. The largest absolute Gasteiger partial charge is 0.497 e. The predicted octanol–water partition coefficient (Wildman–Crippen LogP) is 3.40. The molecular formula is C15H12F2NO2. The summed E-state index contributed by atoms with van der Waals surface area (Å²) in [6.07, 6.45) is 2.63. The lowest BCUT2D eigenvalue weighted by Crippen LogP contribution is -1.94. The third-order valence-corrected chi connectivity index (χ3v) is 2.54. The van der Waals surface area contributed by atoms with Gasteiger partial charge in [0, 0.05) is 11.1 Å². The Kier molecular flexibility index (Phi) is 4.65. The van der Waals surface area contributed by atoms with Crippen molar-refractivity contribution < 1.29 is 18.4 Å². The fraction of sp³-hybridized carbons (Fsp3) is 0.133. The predicted molar refractivity (Wildman–Crippen MR) is 70.7 cm³/mol. The highest BCUT2D eigenvalue weighted by Crippen LogP contribution is 2.12. The fourth-order valence-electron chi connectivity index (χ4n) is 1.53. The second-order valence-corrected chi connectivity index (χ2v) is 3.94. The molecule has 2 aromatic carbocycles. The maximum Gasteiger partial charge on any atom is 0.145 e. The average molecular weight is 276 g/mol. The van der Waals surface area contributed by atoms with Gasteiger partial charge >= 0.3 is 0 Å². The molecule has 0 spiro atoms. The van der Waals surface area contributed by atoms with Gasteiger partial charge in [-0.25, -0.2) is 8.78 Å². The summed E-state index contributed by atoms with van der Waals surface area (Å²) in [7, 11) is 1.56. The molecule has 0 aliphatic carbocycles. The summed E-state index contributed by atoms with van der Waals surface area (Å²) in [6, 6.07) is 10.2. The van der Waals surface area contributed by atoms with E-state index in [1.165, 1.54) is 0 Å². The Bertz CT molecular complexity index is 615. The number of nitrogens with zero attached hydrogens (tertiary/aromatic N) is 1. The van der Waals surface area contributed by atoms with Crippen LogP contribution in [0.5, 0.6) is 5.75 Å². The van der Waals surface area contributed by atoms with E-state index < -0.39 is 11.6 Å². The van der Waals surface area contributed by atoms with Crippen LogP contribution in [-0.2, 0) is 11.4 Å².